The average Bonchev–Trinajstić information content (AvgIpc) is 2.68. The van der Waals surface area contributed by atoms with Crippen LogP contribution in [0.25, 0.3) is 0 Å². The summed E-state index contributed by atoms with van der Waals surface area (Å²) in [6.07, 6.45) is 0.00943. The van der Waals surface area contributed by atoms with Gasteiger partial charge in [0.05, 0.1) is 22.4 Å². The van der Waals surface area contributed by atoms with Gasteiger partial charge in [-0.25, -0.2) is 8.42 Å². The maximum atomic E-state index is 13.4. The predicted octanol–water partition coefficient (Wildman–Crippen LogP) is 3.22. The number of nitrogens with one attached hydrogen (secondary N) is 2. The summed E-state index contributed by atoms with van der Waals surface area (Å²) in [6.45, 7) is 3.01. The molecule has 142 valence electrons. The molecule has 2 amide bonds. The van der Waals surface area contributed by atoms with Crippen LogP contribution in [0.1, 0.15) is 20.3 Å². The minimum absolute atomic E-state index is 0.00943. The number of amides is 2. The number of carbonyl (C=O) groups is 2. The zero-order chi connectivity index (χ0) is 19.8. The van der Waals surface area contributed by atoms with Crippen molar-refractivity contribution in [1.29, 1.82) is 0 Å². The first-order valence-corrected chi connectivity index (χ1v) is 10.0. The van der Waals surface area contributed by atoms with E-state index in [0.717, 1.165) is 0 Å². The highest BCUT2D eigenvalue weighted by Crippen LogP contribution is 2.37. The van der Waals surface area contributed by atoms with Crippen molar-refractivity contribution in [2.24, 2.45) is 0 Å². The summed E-state index contributed by atoms with van der Waals surface area (Å²) in [5.74, 6) is -0.555. The topological polar surface area (TPSA) is 95.6 Å². The van der Waals surface area contributed by atoms with Gasteiger partial charge in [-0.2, -0.15) is 0 Å². The smallest absolute Gasteiger partial charge is 0.266 e. The van der Waals surface area contributed by atoms with Crippen molar-refractivity contribution in [2.75, 3.05) is 14.9 Å². The van der Waals surface area contributed by atoms with Crippen LogP contribution in [0.4, 0.5) is 17.1 Å². The molecular weight excluding hydrogens is 390 g/mol. The van der Waals surface area contributed by atoms with Gasteiger partial charge < -0.3 is 10.6 Å². The van der Waals surface area contributed by atoms with Crippen molar-refractivity contribution in [1.82, 2.24) is 0 Å². The summed E-state index contributed by atoms with van der Waals surface area (Å²) in [4.78, 5) is 23.2. The molecule has 2 aromatic carbocycles. The number of hydrogen-bond acceptors (Lipinski definition) is 4. The molecule has 9 heteroatoms. The summed E-state index contributed by atoms with van der Waals surface area (Å²) < 4.78 is 28.0. The van der Waals surface area contributed by atoms with Gasteiger partial charge in [-0.1, -0.05) is 23.7 Å². The number of sulfonamides is 1. The van der Waals surface area contributed by atoms with Crippen LogP contribution in [0.5, 0.6) is 0 Å². The average molecular weight is 408 g/mol. The summed E-state index contributed by atoms with van der Waals surface area (Å²) in [6, 6.07) is 10.3. The van der Waals surface area contributed by atoms with E-state index in [0.29, 0.717) is 17.1 Å². The second-order valence-corrected chi connectivity index (χ2v) is 8.44. The highest BCUT2D eigenvalue weighted by Gasteiger charge is 2.35. The molecule has 27 heavy (non-hydrogen) atoms. The fourth-order valence-electron chi connectivity index (χ4n) is 3.02. The molecule has 2 N–H and O–H groups in total. The summed E-state index contributed by atoms with van der Waals surface area (Å²) >= 11 is 6.22. The third-order valence-corrected chi connectivity index (χ3v) is 6.50. The lowest BCUT2D eigenvalue weighted by Crippen LogP contribution is -2.39. The number of nitrogens with zero attached hydrogens (tertiary/aromatic N) is 1. The highest BCUT2D eigenvalue weighted by atomic mass is 35.5. The Morgan fingerprint density at radius 2 is 1.96 bits per heavy atom. The third-order valence-electron chi connectivity index (χ3n) is 4.09. The number of rotatable bonds is 3. The Morgan fingerprint density at radius 1 is 1.26 bits per heavy atom. The van der Waals surface area contributed by atoms with E-state index in [2.05, 4.69) is 10.6 Å². The van der Waals surface area contributed by atoms with Gasteiger partial charge in [-0.05, 0) is 37.3 Å². The van der Waals surface area contributed by atoms with Crippen LogP contribution in [0.2, 0.25) is 5.02 Å². The van der Waals surface area contributed by atoms with E-state index >= 15 is 0 Å². The minimum atomic E-state index is -4.05. The van der Waals surface area contributed by atoms with Crippen molar-refractivity contribution in [3.05, 3.63) is 47.5 Å². The number of para-hydroxylation sites is 2. The lowest BCUT2D eigenvalue weighted by molar-refractivity contribution is -0.116. The van der Waals surface area contributed by atoms with E-state index in [4.69, 9.17) is 11.6 Å². The van der Waals surface area contributed by atoms with Crippen LogP contribution >= 0.6 is 11.6 Å². The Labute approximate surface area is 162 Å². The first-order chi connectivity index (χ1) is 12.7. The zero-order valence-electron chi connectivity index (χ0n) is 14.7. The van der Waals surface area contributed by atoms with Crippen LogP contribution < -0.4 is 14.9 Å². The molecule has 7 nitrogen and oxygen atoms in total. The molecule has 1 aliphatic heterocycles. The maximum absolute atomic E-state index is 13.4. The van der Waals surface area contributed by atoms with E-state index < -0.39 is 16.1 Å². The number of hydrogen-bond donors (Lipinski definition) is 2. The molecule has 2 aromatic rings. The Balaban J connectivity index is 2.11. The number of carbonyl (C=O) groups excluding carboxylic acids is 2. The molecule has 0 aromatic heterocycles. The van der Waals surface area contributed by atoms with Gasteiger partial charge in [0.1, 0.15) is 4.90 Å². The Bertz CT molecular complexity index is 1020. The van der Waals surface area contributed by atoms with Gasteiger partial charge in [-0.3, -0.25) is 13.9 Å². The van der Waals surface area contributed by atoms with Crippen molar-refractivity contribution in [3.8, 4) is 0 Å². The van der Waals surface area contributed by atoms with E-state index in [1.54, 1.807) is 31.2 Å². The number of fused-ring (bicyclic) bond motifs is 1. The first kappa shape index (κ1) is 19.2. The molecule has 0 saturated carbocycles. The van der Waals surface area contributed by atoms with Crippen LogP contribution in [0.15, 0.2) is 47.4 Å². The highest BCUT2D eigenvalue weighted by molar-refractivity contribution is 7.93. The Hall–Kier alpha value is -2.58. The molecule has 3 rings (SSSR count). The summed E-state index contributed by atoms with van der Waals surface area (Å²) in [5, 5.41) is 5.26. The third kappa shape index (κ3) is 3.77. The standard InChI is InChI=1S/C18H18ClN3O4S/c1-11-9-18(24)21-15-5-3-4-6-16(15)22(11)27(25,26)17-8-7-13(10-14(17)19)20-12(2)23/h3-8,10-11H,9H2,1-2H3,(H,20,23)(H,21,24)/t11-/m0/s1. The molecule has 0 bridgehead atoms. The second-order valence-electron chi connectivity index (χ2n) is 6.25. The molecule has 0 radical (unpaired) electrons. The first-order valence-electron chi connectivity index (χ1n) is 8.20. The summed E-state index contributed by atoms with van der Waals surface area (Å²) in [5.41, 5.74) is 1.19. The minimum Gasteiger partial charge on any atom is -0.326 e. The molecule has 0 fully saturated rings. The van der Waals surface area contributed by atoms with Crippen molar-refractivity contribution in [3.63, 3.8) is 0 Å². The number of halogens is 1. The van der Waals surface area contributed by atoms with Gasteiger partial charge >= 0.3 is 0 Å². The van der Waals surface area contributed by atoms with E-state index in [1.165, 1.54) is 29.4 Å². The molecule has 0 saturated heterocycles. The maximum Gasteiger partial charge on any atom is 0.266 e. The van der Waals surface area contributed by atoms with Gasteiger partial charge in [0.2, 0.25) is 11.8 Å². The van der Waals surface area contributed by atoms with Gasteiger partial charge in [-0.15, -0.1) is 0 Å². The molecule has 1 aliphatic rings. The molecule has 1 heterocycles. The zero-order valence-corrected chi connectivity index (χ0v) is 16.3. The van der Waals surface area contributed by atoms with Gasteiger partial charge in [0, 0.05) is 19.0 Å². The largest absolute Gasteiger partial charge is 0.326 e. The normalized spacial score (nSPS) is 16.9. The lowest BCUT2D eigenvalue weighted by Gasteiger charge is -2.29. The monoisotopic (exact) mass is 407 g/mol. The predicted molar refractivity (Wildman–Crippen MR) is 105 cm³/mol. The molecule has 0 spiro atoms. The number of anilines is 3. The van der Waals surface area contributed by atoms with Crippen molar-refractivity contribution < 1.29 is 18.0 Å². The van der Waals surface area contributed by atoms with Crippen LogP contribution in [-0.4, -0.2) is 26.3 Å². The Morgan fingerprint density at radius 3 is 2.63 bits per heavy atom. The molecule has 0 aliphatic carbocycles. The lowest BCUT2D eigenvalue weighted by atomic mass is 10.2. The second kappa shape index (κ2) is 7.21. The summed E-state index contributed by atoms with van der Waals surface area (Å²) in [7, 11) is -4.05. The fraction of sp³-hybridized carbons (Fsp3) is 0.222. The quantitative estimate of drug-likeness (QED) is 0.816. The Kier molecular flexibility index (Phi) is 5.12. The molecule has 0 unspecified atom stereocenters. The van der Waals surface area contributed by atoms with Crippen molar-refractivity contribution in [2.45, 2.75) is 31.2 Å². The molecule has 1 atom stereocenters. The van der Waals surface area contributed by atoms with E-state index in [-0.39, 0.29) is 28.2 Å². The van der Waals surface area contributed by atoms with Crippen LogP contribution in [0.3, 0.4) is 0 Å². The van der Waals surface area contributed by atoms with E-state index in [9.17, 15) is 18.0 Å². The number of benzene rings is 2. The van der Waals surface area contributed by atoms with Gasteiger partial charge in [0.15, 0.2) is 0 Å². The van der Waals surface area contributed by atoms with Crippen LogP contribution in [0, 0.1) is 0 Å². The van der Waals surface area contributed by atoms with Crippen LogP contribution in [-0.2, 0) is 19.6 Å². The van der Waals surface area contributed by atoms with Gasteiger partial charge in [0.25, 0.3) is 10.0 Å². The SMILES string of the molecule is CC(=O)Nc1ccc(S(=O)(=O)N2c3ccccc3NC(=O)C[C@@H]2C)c(Cl)c1. The fourth-order valence-corrected chi connectivity index (χ4v) is 5.22. The van der Waals surface area contributed by atoms with E-state index in [1.807, 2.05) is 0 Å². The molecular formula is C18H18ClN3O4S. The van der Waals surface area contributed by atoms with Crippen molar-refractivity contribution >= 4 is 50.5 Å².